The number of amides is 1. The molecule has 3 heterocycles. The van der Waals surface area contributed by atoms with Crippen molar-refractivity contribution in [1.82, 2.24) is 19.7 Å². The van der Waals surface area contributed by atoms with E-state index in [1.807, 2.05) is 13.1 Å². The average Bonchev–Trinajstić information content (AvgIpc) is 3.36. The van der Waals surface area contributed by atoms with Gasteiger partial charge in [0.1, 0.15) is 0 Å². The quantitative estimate of drug-likeness (QED) is 0.621. The summed E-state index contributed by atoms with van der Waals surface area (Å²) in [6.45, 7) is 11.6. The Morgan fingerprint density at radius 3 is 2.79 bits per heavy atom. The third-order valence-corrected chi connectivity index (χ3v) is 6.44. The number of aromatic nitrogens is 3. The van der Waals surface area contributed by atoms with E-state index in [-0.39, 0.29) is 5.91 Å². The molecule has 1 aliphatic rings. The lowest BCUT2D eigenvalue weighted by molar-refractivity contribution is 0.0391. The highest BCUT2D eigenvalue weighted by atomic mass is 32.1. The summed E-state index contributed by atoms with van der Waals surface area (Å²) in [5.41, 5.74) is 3.78. The van der Waals surface area contributed by atoms with Gasteiger partial charge in [0.25, 0.3) is 5.91 Å². The average molecular weight is 414 g/mol. The van der Waals surface area contributed by atoms with Crippen LogP contribution >= 0.6 is 11.3 Å². The largest absolute Gasteiger partial charge is 0.379 e. The molecule has 1 fully saturated rings. The maximum atomic E-state index is 13.3. The normalized spacial score (nSPS) is 15.1. The molecule has 0 spiro atoms. The van der Waals surface area contributed by atoms with Gasteiger partial charge in [-0.3, -0.25) is 19.3 Å². The second-order valence-electron chi connectivity index (χ2n) is 7.39. The fraction of sp³-hybridized carbons (Fsp3) is 0.476. The van der Waals surface area contributed by atoms with E-state index in [2.05, 4.69) is 36.0 Å². The van der Waals surface area contributed by atoms with Crippen LogP contribution in [0.25, 0.3) is 10.2 Å². The number of carbonyl (C=O) groups excluding carboxylic acids is 1. The summed E-state index contributed by atoms with van der Waals surface area (Å²) in [6.07, 6.45) is 1.85. The molecule has 3 aromatic rings. The molecule has 0 radical (unpaired) electrons. The third-order valence-electron chi connectivity index (χ3n) is 5.21. The molecule has 1 aromatic carbocycles. The molecule has 2 aromatic heterocycles. The Bertz CT molecular complexity index is 1010. The van der Waals surface area contributed by atoms with Crippen LogP contribution in [-0.4, -0.2) is 65.0 Å². The molecule has 1 amide bonds. The van der Waals surface area contributed by atoms with E-state index < -0.39 is 0 Å². The zero-order valence-corrected chi connectivity index (χ0v) is 18.0. The highest BCUT2D eigenvalue weighted by Crippen LogP contribution is 2.32. The van der Waals surface area contributed by atoms with Crippen molar-refractivity contribution >= 4 is 32.6 Å². The number of nitrogens with zero attached hydrogens (tertiary/aromatic N) is 5. The van der Waals surface area contributed by atoms with Crippen LogP contribution in [0.1, 0.15) is 28.5 Å². The standard InChI is InChI=1S/C21H27N5O2S/c1-4-25-6-5-17(23-25)20(27)26(8-7-24-9-11-28-12-10-24)21-22-18-14-15(2)13-16(3)19(18)29-21/h5-6,13-14H,4,7-12H2,1-3H3. The number of carbonyl (C=O) groups is 1. The predicted octanol–water partition coefficient (Wildman–Crippen LogP) is 3.11. The summed E-state index contributed by atoms with van der Waals surface area (Å²) >= 11 is 1.58. The van der Waals surface area contributed by atoms with E-state index in [1.54, 1.807) is 27.0 Å². The van der Waals surface area contributed by atoms with E-state index in [4.69, 9.17) is 9.72 Å². The highest BCUT2D eigenvalue weighted by Gasteiger charge is 2.24. The van der Waals surface area contributed by atoms with Crippen molar-refractivity contribution in [3.63, 3.8) is 0 Å². The molecule has 1 aliphatic heterocycles. The Labute approximate surface area is 174 Å². The Morgan fingerprint density at radius 1 is 1.28 bits per heavy atom. The van der Waals surface area contributed by atoms with Crippen LogP contribution in [0.15, 0.2) is 24.4 Å². The Kier molecular flexibility index (Phi) is 5.94. The molecule has 0 N–H and O–H groups in total. The highest BCUT2D eigenvalue weighted by molar-refractivity contribution is 7.22. The van der Waals surface area contributed by atoms with Crippen LogP contribution < -0.4 is 4.90 Å². The Balaban J connectivity index is 1.65. The molecule has 7 nitrogen and oxygen atoms in total. The minimum atomic E-state index is -0.0982. The summed E-state index contributed by atoms with van der Waals surface area (Å²) in [5.74, 6) is -0.0982. The summed E-state index contributed by atoms with van der Waals surface area (Å²) in [7, 11) is 0. The van der Waals surface area contributed by atoms with Gasteiger partial charge < -0.3 is 4.74 Å². The van der Waals surface area contributed by atoms with Gasteiger partial charge in [-0.05, 0) is 44.0 Å². The van der Waals surface area contributed by atoms with Crippen molar-refractivity contribution in [3.05, 3.63) is 41.2 Å². The molecule has 0 unspecified atom stereocenters. The zero-order valence-electron chi connectivity index (χ0n) is 17.2. The first kappa shape index (κ1) is 20.0. The topological polar surface area (TPSA) is 63.5 Å². The van der Waals surface area contributed by atoms with E-state index in [0.29, 0.717) is 12.2 Å². The van der Waals surface area contributed by atoms with E-state index in [9.17, 15) is 4.79 Å². The van der Waals surface area contributed by atoms with Crippen LogP contribution in [0.2, 0.25) is 0 Å². The minimum Gasteiger partial charge on any atom is -0.379 e. The third kappa shape index (κ3) is 4.34. The second-order valence-corrected chi connectivity index (χ2v) is 8.37. The smallest absolute Gasteiger partial charge is 0.280 e. The summed E-state index contributed by atoms with van der Waals surface area (Å²) < 4.78 is 8.35. The van der Waals surface area contributed by atoms with Gasteiger partial charge in [-0.25, -0.2) is 4.98 Å². The number of benzene rings is 1. The number of hydrogen-bond donors (Lipinski definition) is 0. The molecular weight excluding hydrogens is 386 g/mol. The zero-order chi connectivity index (χ0) is 20.4. The molecule has 29 heavy (non-hydrogen) atoms. The molecule has 4 rings (SSSR count). The minimum absolute atomic E-state index is 0.0982. The second kappa shape index (κ2) is 8.61. The summed E-state index contributed by atoms with van der Waals surface area (Å²) in [6, 6.07) is 6.03. The monoisotopic (exact) mass is 413 g/mol. The first-order valence-electron chi connectivity index (χ1n) is 10.1. The molecule has 0 atom stereocenters. The van der Waals surface area contributed by atoms with Gasteiger partial charge in [0.05, 0.1) is 23.4 Å². The lowest BCUT2D eigenvalue weighted by atomic mass is 10.1. The number of aryl methyl sites for hydroxylation is 3. The molecular formula is C21H27N5O2S. The maximum absolute atomic E-state index is 13.3. The molecule has 0 bridgehead atoms. The SMILES string of the molecule is CCn1ccc(C(=O)N(CCN2CCOCC2)c2nc3cc(C)cc(C)c3s2)n1. The number of thiazole rings is 1. The molecule has 0 saturated carbocycles. The van der Waals surface area contributed by atoms with Crippen molar-refractivity contribution in [1.29, 1.82) is 0 Å². The predicted molar refractivity (Wildman–Crippen MR) is 116 cm³/mol. The number of fused-ring (bicyclic) bond motifs is 1. The van der Waals surface area contributed by atoms with Crippen LogP contribution in [0.5, 0.6) is 0 Å². The van der Waals surface area contributed by atoms with Gasteiger partial charge in [0.2, 0.25) is 0 Å². The summed E-state index contributed by atoms with van der Waals surface area (Å²) in [4.78, 5) is 22.3. The maximum Gasteiger partial charge on any atom is 0.280 e. The van der Waals surface area contributed by atoms with Crippen LogP contribution in [0.3, 0.4) is 0 Å². The first-order valence-corrected chi connectivity index (χ1v) is 10.9. The van der Waals surface area contributed by atoms with Crippen molar-refractivity contribution < 1.29 is 9.53 Å². The lowest BCUT2D eigenvalue weighted by Crippen LogP contribution is -2.43. The number of rotatable bonds is 6. The van der Waals surface area contributed by atoms with E-state index in [0.717, 1.165) is 54.7 Å². The molecule has 0 aliphatic carbocycles. The van der Waals surface area contributed by atoms with Crippen molar-refractivity contribution in [2.45, 2.75) is 27.3 Å². The van der Waals surface area contributed by atoms with Gasteiger partial charge in [-0.15, -0.1) is 0 Å². The van der Waals surface area contributed by atoms with Crippen molar-refractivity contribution in [3.8, 4) is 0 Å². The van der Waals surface area contributed by atoms with Crippen molar-refractivity contribution in [2.24, 2.45) is 0 Å². The lowest BCUT2D eigenvalue weighted by Gasteiger charge is -2.29. The van der Waals surface area contributed by atoms with Crippen molar-refractivity contribution in [2.75, 3.05) is 44.3 Å². The van der Waals surface area contributed by atoms with Crippen LogP contribution in [-0.2, 0) is 11.3 Å². The number of ether oxygens (including phenoxy) is 1. The fourth-order valence-electron chi connectivity index (χ4n) is 3.62. The fourth-order valence-corrected chi connectivity index (χ4v) is 4.66. The number of anilines is 1. The van der Waals surface area contributed by atoms with E-state index in [1.165, 1.54) is 11.1 Å². The number of hydrogen-bond acceptors (Lipinski definition) is 6. The van der Waals surface area contributed by atoms with Gasteiger partial charge in [-0.1, -0.05) is 17.4 Å². The number of morpholine rings is 1. The van der Waals surface area contributed by atoms with Crippen LogP contribution in [0, 0.1) is 13.8 Å². The van der Waals surface area contributed by atoms with Gasteiger partial charge in [0, 0.05) is 38.9 Å². The Hall–Kier alpha value is -2.29. The van der Waals surface area contributed by atoms with Gasteiger partial charge >= 0.3 is 0 Å². The van der Waals surface area contributed by atoms with Gasteiger partial charge in [-0.2, -0.15) is 5.10 Å². The molecule has 1 saturated heterocycles. The Morgan fingerprint density at radius 2 is 2.07 bits per heavy atom. The summed E-state index contributed by atoms with van der Waals surface area (Å²) in [5, 5.41) is 5.16. The molecule has 154 valence electrons. The van der Waals surface area contributed by atoms with Gasteiger partial charge in [0.15, 0.2) is 10.8 Å². The van der Waals surface area contributed by atoms with E-state index >= 15 is 0 Å². The first-order chi connectivity index (χ1) is 14.0. The van der Waals surface area contributed by atoms with Crippen LogP contribution in [0.4, 0.5) is 5.13 Å². The molecule has 8 heteroatoms.